The van der Waals surface area contributed by atoms with Gasteiger partial charge in [0.15, 0.2) is 0 Å². The Kier molecular flexibility index (Phi) is 4.57. The van der Waals surface area contributed by atoms with E-state index in [1.807, 2.05) is 4.31 Å². The Morgan fingerprint density at radius 1 is 1.22 bits per heavy atom. The highest BCUT2D eigenvalue weighted by Crippen LogP contribution is 2.28. The Balaban J connectivity index is 2.23. The fraction of sp³-hybridized carbons (Fsp3) is 0.500. The highest BCUT2D eigenvalue weighted by Gasteiger charge is 2.21. The van der Waals surface area contributed by atoms with Gasteiger partial charge in [-0.25, -0.2) is 8.51 Å². The van der Waals surface area contributed by atoms with E-state index < -0.39 is 11.0 Å². The first-order chi connectivity index (χ1) is 8.76. The van der Waals surface area contributed by atoms with Gasteiger partial charge in [-0.15, -0.1) is 0 Å². The van der Waals surface area contributed by atoms with Gasteiger partial charge < -0.3 is 14.2 Å². The summed E-state index contributed by atoms with van der Waals surface area (Å²) in [4.78, 5) is 0.667. The minimum absolute atomic E-state index is 0.583. The number of rotatable bonds is 4. The first-order valence-electron chi connectivity index (χ1n) is 5.73. The summed E-state index contributed by atoms with van der Waals surface area (Å²) in [5.74, 6) is 1.27. The van der Waals surface area contributed by atoms with Gasteiger partial charge in [-0.1, -0.05) is 0 Å². The fourth-order valence-corrected chi connectivity index (χ4v) is 3.03. The predicted octanol–water partition coefficient (Wildman–Crippen LogP) is 1.06. The molecule has 1 atom stereocenters. The molecule has 1 aliphatic heterocycles. The van der Waals surface area contributed by atoms with E-state index in [4.69, 9.17) is 14.2 Å². The number of hydrogen-bond donors (Lipinski definition) is 0. The van der Waals surface area contributed by atoms with Gasteiger partial charge in [0.25, 0.3) is 0 Å². The van der Waals surface area contributed by atoms with Crippen LogP contribution in [0, 0.1) is 0 Å². The van der Waals surface area contributed by atoms with Crippen molar-refractivity contribution in [1.29, 1.82) is 0 Å². The van der Waals surface area contributed by atoms with Crippen LogP contribution in [0.3, 0.4) is 0 Å². The standard InChI is InChI=1S/C12H17NO4S/c1-15-10-3-4-12(11(9-10)16-2)18(14)13-5-7-17-8-6-13/h3-4,9H,5-8H2,1-2H3/t18-/m1/s1. The van der Waals surface area contributed by atoms with Crippen LogP contribution in [0.1, 0.15) is 0 Å². The molecule has 1 fully saturated rings. The van der Waals surface area contributed by atoms with E-state index in [1.54, 1.807) is 32.4 Å². The molecule has 1 saturated heterocycles. The molecule has 0 radical (unpaired) electrons. The summed E-state index contributed by atoms with van der Waals surface area (Å²) < 4.78 is 30.0. The number of hydrogen-bond acceptors (Lipinski definition) is 4. The van der Waals surface area contributed by atoms with Crippen LogP contribution < -0.4 is 9.47 Å². The molecule has 1 aliphatic rings. The number of benzene rings is 1. The van der Waals surface area contributed by atoms with Crippen molar-refractivity contribution in [3.05, 3.63) is 18.2 Å². The van der Waals surface area contributed by atoms with E-state index in [9.17, 15) is 4.21 Å². The average Bonchev–Trinajstić information content (AvgIpc) is 2.46. The normalized spacial score (nSPS) is 18.3. The smallest absolute Gasteiger partial charge is 0.140 e. The van der Waals surface area contributed by atoms with Gasteiger partial charge in [0.1, 0.15) is 22.5 Å². The Hall–Kier alpha value is -1.11. The molecule has 0 saturated carbocycles. The van der Waals surface area contributed by atoms with Crippen LogP contribution in [0.15, 0.2) is 23.1 Å². The van der Waals surface area contributed by atoms with Crippen LogP contribution >= 0.6 is 0 Å². The molecule has 0 unspecified atom stereocenters. The maximum Gasteiger partial charge on any atom is 0.140 e. The molecular formula is C12H17NO4S. The summed E-state index contributed by atoms with van der Waals surface area (Å²) in [6.45, 7) is 2.57. The molecule has 0 aromatic heterocycles. The Morgan fingerprint density at radius 3 is 2.56 bits per heavy atom. The SMILES string of the molecule is COc1ccc([S@@](=O)N2CCOCC2)c(OC)c1. The van der Waals surface area contributed by atoms with Gasteiger partial charge in [-0.3, -0.25) is 0 Å². The van der Waals surface area contributed by atoms with E-state index in [0.717, 1.165) is 0 Å². The van der Waals surface area contributed by atoms with Gasteiger partial charge in [-0.05, 0) is 12.1 Å². The highest BCUT2D eigenvalue weighted by molar-refractivity contribution is 7.82. The van der Waals surface area contributed by atoms with Crippen molar-refractivity contribution < 1.29 is 18.4 Å². The first-order valence-corrected chi connectivity index (χ1v) is 6.83. The van der Waals surface area contributed by atoms with Gasteiger partial charge in [0.05, 0.1) is 32.3 Å². The maximum absolute atomic E-state index is 12.4. The summed E-state index contributed by atoms with van der Waals surface area (Å²) in [6, 6.07) is 5.31. The number of methoxy groups -OCH3 is 2. The number of nitrogens with zero attached hydrogens (tertiary/aromatic N) is 1. The molecule has 18 heavy (non-hydrogen) atoms. The Morgan fingerprint density at radius 2 is 1.94 bits per heavy atom. The van der Waals surface area contributed by atoms with Crippen LogP contribution in [0.5, 0.6) is 11.5 Å². The van der Waals surface area contributed by atoms with Gasteiger partial charge in [-0.2, -0.15) is 0 Å². The molecule has 0 N–H and O–H groups in total. The Labute approximate surface area is 109 Å². The summed E-state index contributed by atoms with van der Waals surface area (Å²) >= 11 is 0. The third kappa shape index (κ3) is 2.82. The summed E-state index contributed by atoms with van der Waals surface area (Å²) in [6.07, 6.45) is 0. The molecule has 2 rings (SSSR count). The second kappa shape index (κ2) is 6.17. The minimum atomic E-state index is -1.22. The van der Waals surface area contributed by atoms with Gasteiger partial charge in [0.2, 0.25) is 0 Å². The highest BCUT2D eigenvalue weighted by atomic mass is 32.2. The van der Waals surface area contributed by atoms with Crippen molar-refractivity contribution in [2.75, 3.05) is 40.5 Å². The Bertz CT molecular complexity index is 432. The van der Waals surface area contributed by atoms with Gasteiger partial charge in [0, 0.05) is 19.2 Å². The molecule has 1 aromatic rings. The summed E-state index contributed by atoms with van der Waals surface area (Å²) in [5, 5.41) is 0. The lowest BCUT2D eigenvalue weighted by atomic mass is 10.3. The topological polar surface area (TPSA) is 48.0 Å². The number of morpholine rings is 1. The number of ether oxygens (including phenoxy) is 3. The zero-order chi connectivity index (χ0) is 13.0. The fourth-order valence-electron chi connectivity index (χ4n) is 1.77. The molecule has 1 heterocycles. The van der Waals surface area contributed by atoms with E-state index in [2.05, 4.69) is 0 Å². The van der Waals surface area contributed by atoms with Crippen molar-refractivity contribution in [2.45, 2.75) is 4.90 Å². The van der Waals surface area contributed by atoms with Crippen LogP contribution in [-0.2, 0) is 15.7 Å². The van der Waals surface area contributed by atoms with Crippen LogP contribution in [0.4, 0.5) is 0 Å². The molecule has 5 nitrogen and oxygen atoms in total. The zero-order valence-corrected chi connectivity index (χ0v) is 11.4. The zero-order valence-electron chi connectivity index (χ0n) is 10.5. The third-order valence-electron chi connectivity index (χ3n) is 2.76. The second-order valence-electron chi connectivity index (χ2n) is 3.81. The molecule has 0 amide bonds. The molecular weight excluding hydrogens is 254 g/mol. The van der Waals surface area contributed by atoms with Crippen molar-refractivity contribution in [3.8, 4) is 11.5 Å². The lowest BCUT2D eigenvalue weighted by molar-refractivity contribution is 0.0751. The van der Waals surface area contributed by atoms with E-state index in [-0.39, 0.29) is 0 Å². The van der Waals surface area contributed by atoms with E-state index >= 15 is 0 Å². The average molecular weight is 271 g/mol. The van der Waals surface area contributed by atoms with E-state index in [1.165, 1.54) is 0 Å². The molecule has 1 aromatic carbocycles. The molecule has 6 heteroatoms. The van der Waals surface area contributed by atoms with Crippen molar-refractivity contribution in [3.63, 3.8) is 0 Å². The lowest BCUT2D eigenvalue weighted by Crippen LogP contribution is -2.37. The lowest BCUT2D eigenvalue weighted by Gasteiger charge is -2.25. The first kappa shape index (κ1) is 13.3. The van der Waals surface area contributed by atoms with Crippen LogP contribution in [-0.4, -0.2) is 49.0 Å². The molecule has 0 spiro atoms. The minimum Gasteiger partial charge on any atom is -0.497 e. The summed E-state index contributed by atoms with van der Waals surface area (Å²) in [5.41, 5.74) is 0. The third-order valence-corrected chi connectivity index (χ3v) is 4.31. The molecule has 0 aliphatic carbocycles. The van der Waals surface area contributed by atoms with E-state index in [0.29, 0.717) is 42.7 Å². The van der Waals surface area contributed by atoms with Crippen LogP contribution in [0.2, 0.25) is 0 Å². The van der Waals surface area contributed by atoms with Gasteiger partial charge >= 0.3 is 0 Å². The van der Waals surface area contributed by atoms with Crippen molar-refractivity contribution in [1.82, 2.24) is 4.31 Å². The molecule has 100 valence electrons. The van der Waals surface area contributed by atoms with Crippen LogP contribution in [0.25, 0.3) is 0 Å². The second-order valence-corrected chi connectivity index (χ2v) is 5.26. The monoisotopic (exact) mass is 271 g/mol. The largest absolute Gasteiger partial charge is 0.497 e. The predicted molar refractivity (Wildman–Crippen MR) is 68.3 cm³/mol. The summed E-state index contributed by atoms with van der Waals surface area (Å²) in [7, 11) is 1.94. The van der Waals surface area contributed by atoms with Crippen molar-refractivity contribution in [2.24, 2.45) is 0 Å². The van der Waals surface area contributed by atoms with Crippen molar-refractivity contribution >= 4 is 11.0 Å². The molecule has 0 bridgehead atoms. The quantitative estimate of drug-likeness (QED) is 0.821. The maximum atomic E-state index is 12.4.